The van der Waals surface area contributed by atoms with Crippen LogP contribution in [-0.2, 0) is 6.42 Å². The molecule has 1 rings (SSSR count). The molecule has 2 nitrogen and oxygen atoms in total. The van der Waals surface area contributed by atoms with E-state index in [9.17, 15) is 5.11 Å². The number of nitrogens with zero attached hydrogens (tertiary/aromatic N) is 1. The van der Waals surface area contributed by atoms with Crippen LogP contribution in [0, 0.1) is 11.3 Å². The van der Waals surface area contributed by atoms with Crippen molar-refractivity contribution in [3.05, 3.63) is 35.4 Å². The van der Waals surface area contributed by atoms with Gasteiger partial charge >= 0.3 is 0 Å². The largest absolute Gasteiger partial charge is 0.387 e. The maximum absolute atomic E-state index is 10.4. The second-order valence-electron chi connectivity index (χ2n) is 7.84. The van der Waals surface area contributed by atoms with Gasteiger partial charge in [-0.1, -0.05) is 58.9 Å². The van der Waals surface area contributed by atoms with E-state index in [-0.39, 0.29) is 5.41 Å². The van der Waals surface area contributed by atoms with Gasteiger partial charge in [0.15, 0.2) is 0 Å². The van der Waals surface area contributed by atoms with Crippen LogP contribution in [0.25, 0.3) is 0 Å². The molecular weight excluding hydrogens is 258 g/mol. The highest BCUT2D eigenvalue weighted by atomic mass is 16.3. The Morgan fingerprint density at radius 3 is 2.00 bits per heavy atom. The van der Waals surface area contributed by atoms with Crippen LogP contribution in [0.1, 0.15) is 58.8 Å². The van der Waals surface area contributed by atoms with E-state index in [1.165, 1.54) is 5.56 Å². The molecule has 2 atom stereocenters. The van der Waals surface area contributed by atoms with Gasteiger partial charge in [0.05, 0.1) is 6.10 Å². The molecule has 0 heterocycles. The highest BCUT2D eigenvalue weighted by Crippen LogP contribution is 2.25. The van der Waals surface area contributed by atoms with E-state index in [0.29, 0.717) is 18.5 Å². The lowest BCUT2D eigenvalue weighted by atomic mass is 9.87. The van der Waals surface area contributed by atoms with Gasteiger partial charge in [0, 0.05) is 12.6 Å². The number of likely N-dealkylation sites (N-methyl/N-ethyl adjacent to an activating group) is 1. The topological polar surface area (TPSA) is 23.5 Å². The minimum absolute atomic E-state index is 0.218. The molecule has 2 unspecified atom stereocenters. The molecule has 1 aromatic carbocycles. The van der Waals surface area contributed by atoms with Gasteiger partial charge in [0.2, 0.25) is 0 Å². The van der Waals surface area contributed by atoms with Crippen molar-refractivity contribution in [2.45, 2.75) is 60.1 Å². The Kier molecular flexibility index (Phi) is 6.42. The molecule has 0 aliphatic carbocycles. The summed E-state index contributed by atoms with van der Waals surface area (Å²) < 4.78 is 0. The smallest absolute Gasteiger partial charge is 0.0916 e. The first-order valence-electron chi connectivity index (χ1n) is 8.08. The number of rotatable bonds is 6. The van der Waals surface area contributed by atoms with Crippen LogP contribution in [-0.4, -0.2) is 29.6 Å². The van der Waals surface area contributed by atoms with E-state index < -0.39 is 6.10 Å². The van der Waals surface area contributed by atoms with Crippen LogP contribution in [0.15, 0.2) is 24.3 Å². The Hall–Kier alpha value is -0.860. The minimum Gasteiger partial charge on any atom is -0.387 e. The van der Waals surface area contributed by atoms with Crippen molar-refractivity contribution in [1.82, 2.24) is 4.90 Å². The Labute approximate surface area is 131 Å². The fourth-order valence-electron chi connectivity index (χ4n) is 2.54. The van der Waals surface area contributed by atoms with Crippen molar-refractivity contribution in [3.63, 3.8) is 0 Å². The van der Waals surface area contributed by atoms with E-state index >= 15 is 0 Å². The molecule has 0 bridgehead atoms. The zero-order chi connectivity index (χ0) is 16.2. The SMILES string of the molecule is CC(C)Cc1ccc(C(O)CN(C)C(C)C(C)(C)C)cc1. The molecule has 0 aromatic heterocycles. The molecule has 0 amide bonds. The highest BCUT2D eigenvalue weighted by molar-refractivity contribution is 5.24. The third-order valence-corrected chi connectivity index (χ3v) is 4.38. The molecule has 0 saturated carbocycles. The summed E-state index contributed by atoms with van der Waals surface area (Å²) in [6.45, 7) is 14.1. The van der Waals surface area contributed by atoms with Gasteiger partial charge in [-0.2, -0.15) is 0 Å². The quantitative estimate of drug-likeness (QED) is 0.845. The Morgan fingerprint density at radius 1 is 1.05 bits per heavy atom. The number of hydrogen-bond acceptors (Lipinski definition) is 2. The Bertz CT molecular complexity index is 416. The van der Waals surface area contributed by atoms with Gasteiger partial charge < -0.3 is 10.0 Å². The lowest BCUT2D eigenvalue weighted by Crippen LogP contribution is -2.41. The molecule has 0 spiro atoms. The fraction of sp³-hybridized carbons (Fsp3) is 0.684. The van der Waals surface area contributed by atoms with Crippen molar-refractivity contribution in [3.8, 4) is 0 Å². The second kappa shape index (κ2) is 7.42. The van der Waals surface area contributed by atoms with E-state index in [4.69, 9.17) is 0 Å². The summed E-state index contributed by atoms with van der Waals surface area (Å²) in [6, 6.07) is 8.85. The van der Waals surface area contributed by atoms with Crippen molar-refractivity contribution >= 4 is 0 Å². The van der Waals surface area contributed by atoms with Gasteiger partial charge in [0.1, 0.15) is 0 Å². The highest BCUT2D eigenvalue weighted by Gasteiger charge is 2.25. The minimum atomic E-state index is -0.423. The summed E-state index contributed by atoms with van der Waals surface area (Å²) in [6.07, 6.45) is 0.671. The summed E-state index contributed by atoms with van der Waals surface area (Å²) in [5, 5.41) is 10.4. The van der Waals surface area contributed by atoms with Crippen molar-refractivity contribution in [2.75, 3.05) is 13.6 Å². The van der Waals surface area contributed by atoms with Gasteiger partial charge in [0.25, 0.3) is 0 Å². The van der Waals surface area contributed by atoms with Crippen molar-refractivity contribution in [2.24, 2.45) is 11.3 Å². The predicted molar refractivity (Wildman–Crippen MR) is 91.5 cm³/mol. The third kappa shape index (κ3) is 5.80. The van der Waals surface area contributed by atoms with Crippen LogP contribution in [0.3, 0.4) is 0 Å². The van der Waals surface area contributed by atoms with Crippen LogP contribution in [0.2, 0.25) is 0 Å². The molecule has 0 saturated heterocycles. The molecule has 0 aliphatic heterocycles. The maximum Gasteiger partial charge on any atom is 0.0916 e. The summed E-state index contributed by atoms with van der Waals surface area (Å²) in [5.74, 6) is 0.666. The first kappa shape index (κ1) is 18.2. The standard InChI is InChI=1S/C19H33NO/c1-14(2)12-16-8-10-17(11-9-16)18(21)13-20(7)15(3)19(4,5)6/h8-11,14-15,18,21H,12-13H2,1-7H3. The lowest BCUT2D eigenvalue weighted by molar-refractivity contribution is 0.0715. The molecular formula is C19H33NO. The van der Waals surface area contributed by atoms with Gasteiger partial charge in [-0.05, 0) is 42.9 Å². The number of benzene rings is 1. The van der Waals surface area contributed by atoms with Gasteiger partial charge in [-0.3, -0.25) is 0 Å². The first-order valence-corrected chi connectivity index (χ1v) is 8.08. The first-order chi connectivity index (χ1) is 9.61. The zero-order valence-electron chi connectivity index (χ0n) is 14.9. The van der Waals surface area contributed by atoms with Crippen molar-refractivity contribution in [1.29, 1.82) is 0 Å². The van der Waals surface area contributed by atoms with Gasteiger partial charge in [-0.25, -0.2) is 0 Å². The number of aliphatic hydroxyl groups is 1. The van der Waals surface area contributed by atoms with E-state index in [1.807, 2.05) is 0 Å². The number of aliphatic hydroxyl groups excluding tert-OH is 1. The van der Waals surface area contributed by atoms with Crippen LogP contribution in [0.4, 0.5) is 0 Å². The lowest BCUT2D eigenvalue weighted by Gasteiger charge is -2.36. The van der Waals surface area contributed by atoms with E-state index in [2.05, 4.69) is 77.8 Å². The summed E-state index contributed by atoms with van der Waals surface area (Å²) in [7, 11) is 2.09. The van der Waals surface area contributed by atoms with Crippen LogP contribution < -0.4 is 0 Å². The third-order valence-electron chi connectivity index (χ3n) is 4.38. The fourth-order valence-corrected chi connectivity index (χ4v) is 2.54. The molecule has 0 radical (unpaired) electrons. The van der Waals surface area contributed by atoms with Crippen LogP contribution >= 0.6 is 0 Å². The molecule has 21 heavy (non-hydrogen) atoms. The molecule has 0 aliphatic rings. The predicted octanol–water partition coefficient (Wildman–Crippen LogP) is 4.28. The summed E-state index contributed by atoms with van der Waals surface area (Å²) in [4.78, 5) is 2.24. The van der Waals surface area contributed by atoms with Crippen LogP contribution in [0.5, 0.6) is 0 Å². The Balaban J connectivity index is 2.65. The van der Waals surface area contributed by atoms with E-state index in [0.717, 1.165) is 12.0 Å². The maximum atomic E-state index is 10.4. The average Bonchev–Trinajstić information content (AvgIpc) is 2.36. The summed E-state index contributed by atoms with van der Waals surface area (Å²) in [5.41, 5.74) is 2.57. The van der Waals surface area contributed by atoms with Gasteiger partial charge in [-0.15, -0.1) is 0 Å². The Morgan fingerprint density at radius 2 is 1.57 bits per heavy atom. The molecule has 0 fully saturated rings. The van der Waals surface area contributed by atoms with E-state index in [1.54, 1.807) is 0 Å². The number of hydrogen-bond donors (Lipinski definition) is 1. The second-order valence-corrected chi connectivity index (χ2v) is 7.84. The average molecular weight is 291 g/mol. The monoisotopic (exact) mass is 291 g/mol. The normalized spacial score (nSPS) is 15.5. The molecule has 1 aromatic rings. The molecule has 120 valence electrons. The van der Waals surface area contributed by atoms with Crippen molar-refractivity contribution < 1.29 is 5.11 Å². The molecule has 1 N–H and O–H groups in total. The zero-order valence-corrected chi connectivity index (χ0v) is 14.9. The summed E-state index contributed by atoms with van der Waals surface area (Å²) >= 11 is 0. The molecule has 2 heteroatoms.